The van der Waals surface area contributed by atoms with Gasteiger partial charge in [0.2, 0.25) is 11.8 Å². The third-order valence-corrected chi connectivity index (χ3v) is 4.07. The summed E-state index contributed by atoms with van der Waals surface area (Å²) in [6.45, 7) is 8.27. The SMILES string of the molecule is CCOc1ccc(N(CCC(=O)Nc2cc(C)ccc2C)C(C)=O)cc1. The van der Waals surface area contributed by atoms with Crippen LogP contribution in [0.5, 0.6) is 5.75 Å². The number of benzene rings is 2. The van der Waals surface area contributed by atoms with Gasteiger partial charge in [0, 0.05) is 31.3 Å². The lowest BCUT2D eigenvalue weighted by atomic mass is 10.1. The highest BCUT2D eigenvalue weighted by Gasteiger charge is 2.14. The van der Waals surface area contributed by atoms with Crippen LogP contribution in [0.4, 0.5) is 11.4 Å². The number of rotatable bonds is 7. The van der Waals surface area contributed by atoms with Crippen molar-refractivity contribution in [2.24, 2.45) is 0 Å². The van der Waals surface area contributed by atoms with Crippen molar-refractivity contribution in [2.45, 2.75) is 34.1 Å². The number of anilines is 2. The molecule has 2 aromatic carbocycles. The van der Waals surface area contributed by atoms with Gasteiger partial charge in [0.1, 0.15) is 5.75 Å². The van der Waals surface area contributed by atoms with Crippen molar-refractivity contribution in [3.8, 4) is 5.75 Å². The maximum Gasteiger partial charge on any atom is 0.226 e. The highest BCUT2D eigenvalue weighted by atomic mass is 16.5. The number of nitrogens with zero attached hydrogens (tertiary/aromatic N) is 1. The fraction of sp³-hybridized carbons (Fsp3) is 0.333. The van der Waals surface area contributed by atoms with E-state index in [-0.39, 0.29) is 18.2 Å². The Labute approximate surface area is 155 Å². The van der Waals surface area contributed by atoms with Gasteiger partial charge >= 0.3 is 0 Å². The molecule has 0 aliphatic heterocycles. The van der Waals surface area contributed by atoms with Crippen LogP contribution in [0.2, 0.25) is 0 Å². The quantitative estimate of drug-likeness (QED) is 0.815. The minimum absolute atomic E-state index is 0.103. The number of hydrogen-bond acceptors (Lipinski definition) is 3. The first-order valence-corrected chi connectivity index (χ1v) is 8.78. The van der Waals surface area contributed by atoms with Gasteiger partial charge in [-0.2, -0.15) is 0 Å². The first-order valence-electron chi connectivity index (χ1n) is 8.78. The van der Waals surface area contributed by atoms with E-state index in [9.17, 15) is 9.59 Å². The lowest BCUT2D eigenvalue weighted by Gasteiger charge is -2.21. The molecule has 5 nitrogen and oxygen atoms in total. The summed E-state index contributed by atoms with van der Waals surface area (Å²) >= 11 is 0. The van der Waals surface area contributed by atoms with Crippen molar-refractivity contribution in [1.82, 2.24) is 0 Å². The summed E-state index contributed by atoms with van der Waals surface area (Å²) < 4.78 is 5.42. The summed E-state index contributed by atoms with van der Waals surface area (Å²) in [7, 11) is 0. The second-order valence-electron chi connectivity index (χ2n) is 6.21. The summed E-state index contributed by atoms with van der Waals surface area (Å²) in [5, 5.41) is 2.93. The van der Waals surface area contributed by atoms with Gasteiger partial charge in [-0.3, -0.25) is 9.59 Å². The van der Waals surface area contributed by atoms with E-state index in [2.05, 4.69) is 5.32 Å². The fourth-order valence-corrected chi connectivity index (χ4v) is 2.65. The zero-order chi connectivity index (χ0) is 19.1. The van der Waals surface area contributed by atoms with Crippen LogP contribution in [-0.4, -0.2) is 25.0 Å². The van der Waals surface area contributed by atoms with Gasteiger partial charge < -0.3 is 15.0 Å². The molecule has 0 aliphatic rings. The minimum atomic E-state index is -0.115. The van der Waals surface area contributed by atoms with Crippen molar-refractivity contribution in [1.29, 1.82) is 0 Å². The van der Waals surface area contributed by atoms with Gasteiger partial charge in [-0.15, -0.1) is 0 Å². The molecule has 0 unspecified atom stereocenters. The first-order chi connectivity index (χ1) is 12.4. The maximum absolute atomic E-state index is 12.3. The predicted molar refractivity (Wildman–Crippen MR) is 105 cm³/mol. The second kappa shape index (κ2) is 9.04. The van der Waals surface area contributed by atoms with Crippen LogP contribution in [0.1, 0.15) is 31.4 Å². The maximum atomic E-state index is 12.3. The molecule has 2 aromatic rings. The molecule has 0 radical (unpaired) electrons. The molecule has 2 amide bonds. The van der Waals surface area contributed by atoms with E-state index in [0.717, 1.165) is 28.3 Å². The molecule has 0 saturated carbocycles. The number of ether oxygens (including phenoxy) is 1. The first kappa shape index (κ1) is 19.5. The third kappa shape index (κ3) is 5.34. The van der Waals surface area contributed by atoms with Crippen LogP contribution in [0.3, 0.4) is 0 Å². The summed E-state index contributed by atoms with van der Waals surface area (Å²) in [5.41, 5.74) is 3.66. The number of hydrogen-bond donors (Lipinski definition) is 1. The topological polar surface area (TPSA) is 58.6 Å². The van der Waals surface area contributed by atoms with E-state index in [1.807, 2.05) is 63.2 Å². The normalized spacial score (nSPS) is 10.3. The van der Waals surface area contributed by atoms with Crippen LogP contribution >= 0.6 is 0 Å². The molecular weight excluding hydrogens is 328 g/mol. The molecule has 1 N–H and O–H groups in total. The molecule has 0 bridgehead atoms. The molecule has 2 rings (SSSR count). The Balaban J connectivity index is 2.00. The Hall–Kier alpha value is -2.82. The Bertz CT molecular complexity index is 769. The zero-order valence-electron chi connectivity index (χ0n) is 15.8. The van der Waals surface area contributed by atoms with Gasteiger partial charge in [0.05, 0.1) is 6.61 Å². The number of carbonyl (C=O) groups excluding carboxylic acids is 2. The lowest BCUT2D eigenvalue weighted by Crippen LogP contribution is -2.32. The average Bonchev–Trinajstić information content (AvgIpc) is 2.59. The molecule has 0 saturated heterocycles. The van der Waals surface area contributed by atoms with E-state index < -0.39 is 0 Å². The minimum Gasteiger partial charge on any atom is -0.494 e. The van der Waals surface area contributed by atoms with Gasteiger partial charge in [-0.1, -0.05) is 12.1 Å². The molecule has 0 spiro atoms. The molecule has 5 heteroatoms. The van der Waals surface area contributed by atoms with Gasteiger partial charge in [-0.05, 0) is 62.2 Å². The largest absolute Gasteiger partial charge is 0.494 e. The van der Waals surface area contributed by atoms with E-state index in [1.54, 1.807) is 4.90 Å². The van der Waals surface area contributed by atoms with E-state index in [0.29, 0.717) is 13.2 Å². The fourth-order valence-electron chi connectivity index (χ4n) is 2.65. The highest BCUT2D eigenvalue weighted by molar-refractivity contribution is 5.95. The Kier molecular flexibility index (Phi) is 6.78. The van der Waals surface area contributed by atoms with Gasteiger partial charge in [0.15, 0.2) is 0 Å². The van der Waals surface area contributed by atoms with Crippen LogP contribution in [0.15, 0.2) is 42.5 Å². The number of aryl methyl sites for hydroxylation is 2. The van der Waals surface area contributed by atoms with E-state index in [1.165, 1.54) is 6.92 Å². The molecule has 0 atom stereocenters. The second-order valence-corrected chi connectivity index (χ2v) is 6.21. The van der Waals surface area contributed by atoms with Crippen molar-refractivity contribution >= 4 is 23.2 Å². The highest BCUT2D eigenvalue weighted by Crippen LogP contribution is 2.21. The van der Waals surface area contributed by atoms with E-state index >= 15 is 0 Å². The Morgan fingerprint density at radius 2 is 1.77 bits per heavy atom. The van der Waals surface area contributed by atoms with Crippen molar-refractivity contribution < 1.29 is 14.3 Å². The molecular formula is C21H26N2O3. The van der Waals surface area contributed by atoms with Crippen LogP contribution in [0, 0.1) is 13.8 Å². The summed E-state index contributed by atoms with van der Waals surface area (Å²) in [4.78, 5) is 25.9. The Morgan fingerprint density at radius 1 is 1.08 bits per heavy atom. The average molecular weight is 354 g/mol. The molecule has 0 heterocycles. The number of carbonyl (C=O) groups is 2. The van der Waals surface area contributed by atoms with Crippen molar-refractivity contribution in [3.63, 3.8) is 0 Å². The van der Waals surface area contributed by atoms with Crippen LogP contribution in [0.25, 0.3) is 0 Å². The standard InChI is InChI=1S/C21H26N2O3/c1-5-26-19-10-8-18(9-11-19)23(17(4)24)13-12-21(25)22-20-14-15(2)6-7-16(20)3/h6-11,14H,5,12-13H2,1-4H3,(H,22,25). The van der Waals surface area contributed by atoms with Crippen LogP contribution in [-0.2, 0) is 9.59 Å². The summed E-state index contributed by atoms with van der Waals surface area (Å²) in [6, 6.07) is 13.2. The monoisotopic (exact) mass is 354 g/mol. The molecule has 0 fully saturated rings. The smallest absolute Gasteiger partial charge is 0.226 e. The predicted octanol–water partition coefficient (Wildman–Crippen LogP) is 4.08. The lowest BCUT2D eigenvalue weighted by molar-refractivity contribution is -0.117. The van der Waals surface area contributed by atoms with Crippen LogP contribution < -0.4 is 15.0 Å². The summed E-state index contributed by atoms with van der Waals surface area (Å²) in [5.74, 6) is 0.539. The van der Waals surface area contributed by atoms with Gasteiger partial charge in [-0.25, -0.2) is 0 Å². The third-order valence-electron chi connectivity index (χ3n) is 4.07. The van der Waals surface area contributed by atoms with Gasteiger partial charge in [0.25, 0.3) is 0 Å². The summed E-state index contributed by atoms with van der Waals surface area (Å²) in [6.07, 6.45) is 0.222. The zero-order valence-corrected chi connectivity index (χ0v) is 15.8. The van der Waals surface area contributed by atoms with E-state index in [4.69, 9.17) is 4.74 Å². The number of amides is 2. The molecule has 0 aliphatic carbocycles. The molecule has 0 aromatic heterocycles. The number of nitrogens with one attached hydrogen (secondary N) is 1. The Morgan fingerprint density at radius 3 is 2.38 bits per heavy atom. The van der Waals surface area contributed by atoms with Crippen molar-refractivity contribution in [2.75, 3.05) is 23.4 Å². The molecule has 138 valence electrons. The van der Waals surface area contributed by atoms with Crippen molar-refractivity contribution in [3.05, 3.63) is 53.6 Å². The molecule has 26 heavy (non-hydrogen) atoms.